The second kappa shape index (κ2) is 12.5. The van der Waals surface area contributed by atoms with Gasteiger partial charge in [-0.3, -0.25) is 0 Å². The van der Waals surface area contributed by atoms with Crippen LogP contribution in [0.4, 0.5) is 57.1 Å². The summed E-state index contributed by atoms with van der Waals surface area (Å²) in [6.07, 6.45) is -19.7. The highest BCUT2D eigenvalue weighted by Crippen LogP contribution is 2.54. The molecule has 0 radical (unpaired) electrons. The number of benzene rings is 1. The number of alkyl halides is 12. The first-order valence-corrected chi connectivity index (χ1v) is 14.3. The summed E-state index contributed by atoms with van der Waals surface area (Å²) >= 11 is 0. The molecule has 1 aromatic carbocycles. The number of nitriles is 1. The fraction of sp³-hybridized carbons (Fsp3) is 0.452. The lowest BCUT2D eigenvalue weighted by molar-refractivity contribution is -0.143. The molecule has 0 spiro atoms. The lowest BCUT2D eigenvalue weighted by atomic mass is 9.91. The summed E-state index contributed by atoms with van der Waals surface area (Å²) in [6.45, 7) is 2.25. The highest BCUT2D eigenvalue weighted by molar-refractivity contribution is 5.53. The van der Waals surface area contributed by atoms with Crippen LogP contribution in [0.5, 0.6) is 17.2 Å². The Morgan fingerprint density at radius 1 is 0.755 bits per heavy atom. The molecule has 0 aliphatic heterocycles. The third-order valence-electron chi connectivity index (χ3n) is 8.33. The van der Waals surface area contributed by atoms with Crippen molar-refractivity contribution in [3.8, 4) is 23.3 Å². The standard InChI is InChI=1S/C17H10F6N2O.C14H12F7NO/c1-7-12-13(15(20)14(7)19)11(6-25-16(12)17(21,22)23)26-10-3-8(5-24)2-9(18)4-10;1-5-8-9(11(16)10(5)15)7(4-22-12(8)14(19,20)21)23-6-2-13(17,18)3-6/h2-4,6-7,14-15H,1H3;4-6,10-11H,2-3H2,1H3/t7-,14-,15+;5-,10-,11+/m00/s1. The first kappa shape index (κ1) is 36.0. The normalized spacial score (nSPS) is 25.8. The maximum atomic E-state index is 14.3. The van der Waals surface area contributed by atoms with Gasteiger partial charge in [0.25, 0.3) is 5.92 Å². The van der Waals surface area contributed by atoms with Crippen LogP contribution in [0.3, 0.4) is 0 Å². The summed E-state index contributed by atoms with van der Waals surface area (Å²) in [6, 6.07) is 4.58. The van der Waals surface area contributed by atoms with Crippen LogP contribution in [-0.4, -0.2) is 34.3 Å². The lowest BCUT2D eigenvalue weighted by Crippen LogP contribution is -2.43. The average molecular weight is 716 g/mol. The third kappa shape index (κ3) is 6.80. The van der Waals surface area contributed by atoms with Gasteiger partial charge in [-0.25, -0.2) is 40.7 Å². The molecule has 0 amide bonds. The summed E-state index contributed by atoms with van der Waals surface area (Å²) in [4.78, 5) is 6.48. The summed E-state index contributed by atoms with van der Waals surface area (Å²) in [7, 11) is 0. The van der Waals surface area contributed by atoms with Gasteiger partial charge in [-0.15, -0.1) is 0 Å². The molecule has 6 atom stereocenters. The van der Waals surface area contributed by atoms with Gasteiger partial charge in [-0.05, 0) is 23.3 Å². The van der Waals surface area contributed by atoms with E-state index in [1.807, 2.05) is 0 Å². The topological polar surface area (TPSA) is 68.0 Å². The zero-order valence-corrected chi connectivity index (χ0v) is 24.9. The minimum Gasteiger partial charge on any atom is -0.488 e. The van der Waals surface area contributed by atoms with Gasteiger partial charge in [0, 0.05) is 41.9 Å². The van der Waals surface area contributed by atoms with Crippen LogP contribution in [0.2, 0.25) is 0 Å². The van der Waals surface area contributed by atoms with Crippen LogP contribution in [-0.2, 0) is 12.4 Å². The zero-order chi connectivity index (χ0) is 36.4. The molecule has 0 saturated heterocycles. The van der Waals surface area contributed by atoms with Crippen molar-refractivity contribution in [2.45, 2.75) is 87.6 Å². The van der Waals surface area contributed by atoms with Gasteiger partial charge in [0.15, 0.2) is 18.1 Å². The molecule has 2 aromatic heterocycles. The molecular formula is C31H22F13N3O2. The molecule has 3 aliphatic rings. The van der Waals surface area contributed by atoms with Crippen molar-refractivity contribution in [2.75, 3.05) is 0 Å². The van der Waals surface area contributed by atoms with E-state index in [1.54, 1.807) is 6.07 Å². The van der Waals surface area contributed by atoms with Crippen LogP contribution >= 0.6 is 0 Å². The number of hydrogen-bond donors (Lipinski definition) is 0. The molecule has 0 N–H and O–H groups in total. The number of pyridine rings is 2. The van der Waals surface area contributed by atoms with E-state index in [9.17, 15) is 57.1 Å². The van der Waals surface area contributed by atoms with Crippen molar-refractivity contribution in [3.63, 3.8) is 0 Å². The number of ether oxygens (including phenoxy) is 2. The maximum absolute atomic E-state index is 14.3. The Kier molecular flexibility index (Phi) is 9.21. The molecule has 49 heavy (non-hydrogen) atoms. The quantitative estimate of drug-likeness (QED) is 0.252. The smallest absolute Gasteiger partial charge is 0.433 e. The Bertz CT molecular complexity index is 1780. The first-order valence-electron chi connectivity index (χ1n) is 14.3. The van der Waals surface area contributed by atoms with E-state index < -0.39 is 125 Å². The van der Waals surface area contributed by atoms with Crippen LogP contribution < -0.4 is 9.47 Å². The zero-order valence-electron chi connectivity index (χ0n) is 24.9. The van der Waals surface area contributed by atoms with Crippen LogP contribution in [0.15, 0.2) is 30.6 Å². The van der Waals surface area contributed by atoms with Gasteiger partial charge in [0.1, 0.15) is 47.2 Å². The number of halogens is 13. The molecule has 6 rings (SSSR count). The summed E-state index contributed by atoms with van der Waals surface area (Å²) in [5.41, 5.74) is -5.24. The fourth-order valence-electron chi connectivity index (χ4n) is 5.99. The molecule has 1 saturated carbocycles. The monoisotopic (exact) mass is 715 g/mol. The molecule has 3 aromatic rings. The Labute approximate surface area is 268 Å². The SMILES string of the molecule is C[C@H]1c2c(C(F)(F)F)ncc(OC3CC(F)(F)C3)c2[C@@H](F)[C@H]1F.C[C@H]1c2c(C(F)(F)F)ncc(Oc3cc(F)cc(C#N)c3)c2[C@@H](F)[C@H]1F. The van der Waals surface area contributed by atoms with E-state index in [0.717, 1.165) is 32.0 Å². The van der Waals surface area contributed by atoms with E-state index >= 15 is 0 Å². The van der Waals surface area contributed by atoms with Crippen molar-refractivity contribution in [1.82, 2.24) is 9.97 Å². The molecule has 18 heteroatoms. The van der Waals surface area contributed by atoms with Gasteiger partial charge < -0.3 is 9.47 Å². The Morgan fingerprint density at radius 3 is 1.67 bits per heavy atom. The second-order valence-corrected chi connectivity index (χ2v) is 11.8. The fourth-order valence-corrected chi connectivity index (χ4v) is 5.99. The highest BCUT2D eigenvalue weighted by Gasteiger charge is 2.52. The van der Waals surface area contributed by atoms with E-state index in [-0.39, 0.29) is 11.3 Å². The van der Waals surface area contributed by atoms with E-state index in [4.69, 9.17) is 14.7 Å². The molecule has 2 heterocycles. The molecule has 264 valence electrons. The van der Waals surface area contributed by atoms with E-state index in [0.29, 0.717) is 12.4 Å². The molecular weight excluding hydrogens is 693 g/mol. The maximum Gasteiger partial charge on any atom is 0.433 e. The molecule has 3 aliphatic carbocycles. The van der Waals surface area contributed by atoms with E-state index in [1.165, 1.54) is 0 Å². The van der Waals surface area contributed by atoms with Gasteiger partial charge in [0.05, 0.1) is 24.0 Å². The Morgan fingerprint density at radius 2 is 1.22 bits per heavy atom. The van der Waals surface area contributed by atoms with Crippen LogP contribution in [0.1, 0.15) is 90.1 Å². The van der Waals surface area contributed by atoms with Gasteiger partial charge in [0.2, 0.25) is 0 Å². The molecule has 5 nitrogen and oxygen atoms in total. The van der Waals surface area contributed by atoms with Gasteiger partial charge in [-0.2, -0.15) is 31.6 Å². The summed E-state index contributed by atoms with van der Waals surface area (Å²) in [5.74, 6) is -7.56. The average Bonchev–Trinajstić information content (AvgIpc) is 3.35. The lowest BCUT2D eigenvalue weighted by Gasteiger charge is -2.35. The minimum atomic E-state index is -4.90. The number of hydrogen-bond acceptors (Lipinski definition) is 5. The predicted octanol–water partition coefficient (Wildman–Crippen LogP) is 10.1. The Hall–Kier alpha value is -4.30. The molecule has 0 unspecified atom stereocenters. The van der Waals surface area contributed by atoms with Crippen molar-refractivity contribution in [1.29, 1.82) is 5.26 Å². The largest absolute Gasteiger partial charge is 0.488 e. The van der Waals surface area contributed by atoms with Crippen molar-refractivity contribution in [3.05, 3.63) is 75.6 Å². The molecule has 0 bridgehead atoms. The first-order chi connectivity index (χ1) is 22.6. The number of fused-ring (bicyclic) bond motifs is 2. The van der Waals surface area contributed by atoms with Crippen molar-refractivity contribution in [2.24, 2.45) is 0 Å². The Balaban J connectivity index is 0.000000192. The minimum absolute atomic E-state index is 0.106. The number of rotatable bonds is 4. The van der Waals surface area contributed by atoms with Crippen LogP contribution in [0, 0.1) is 17.1 Å². The predicted molar refractivity (Wildman–Crippen MR) is 143 cm³/mol. The molecule has 1 fully saturated rings. The number of aromatic nitrogens is 2. The second-order valence-electron chi connectivity index (χ2n) is 11.8. The van der Waals surface area contributed by atoms with Crippen molar-refractivity contribution >= 4 is 0 Å². The van der Waals surface area contributed by atoms with Crippen LogP contribution in [0.25, 0.3) is 0 Å². The third-order valence-corrected chi connectivity index (χ3v) is 8.33. The highest BCUT2D eigenvalue weighted by atomic mass is 19.4. The van der Waals surface area contributed by atoms with Gasteiger partial charge in [-0.1, -0.05) is 13.8 Å². The van der Waals surface area contributed by atoms with Crippen molar-refractivity contribution < 1.29 is 66.5 Å². The number of nitrogens with zero attached hydrogens (tertiary/aromatic N) is 3. The van der Waals surface area contributed by atoms with Gasteiger partial charge >= 0.3 is 12.4 Å². The summed E-state index contributed by atoms with van der Waals surface area (Å²) < 4.78 is 184. The van der Waals surface area contributed by atoms with E-state index in [2.05, 4.69) is 9.97 Å². The summed E-state index contributed by atoms with van der Waals surface area (Å²) in [5, 5.41) is 8.83.